The van der Waals surface area contributed by atoms with Gasteiger partial charge in [-0.3, -0.25) is 9.59 Å². The average Bonchev–Trinajstić information content (AvgIpc) is 2.95. The van der Waals surface area contributed by atoms with Crippen LogP contribution in [-0.4, -0.2) is 26.7 Å². The summed E-state index contributed by atoms with van der Waals surface area (Å²) >= 11 is 8.50. The van der Waals surface area contributed by atoms with E-state index in [1.165, 1.54) is 23.1 Å². The number of fused-ring (bicyclic) bond motifs is 1. The molecule has 0 saturated heterocycles. The van der Waals surface area contributed by atoms with Crippen molar-refractivity contribution >= 4 is 51.0 Å². The average molecular weight is 382 g/mol. The number of carbonyl (C=O) groups is 1. The van der Waals surface area contributed by atoms with Gasteiger partial charge in [-0.2, -0.15) is 0 Å². The Balaban J connectivity index is 1.59. The molecule has 0 atom stereocenters. The number of thiazole rings is 1. The first-order valence-electron chi connectivity index (χ1n) is 6.88. The molecular formula is C15H12ClN3O3S2. The van der Waals surface area contributed by atoms with E-state index in [0.29, 0.717) is 26.3 Å². The molecule has 6 nitrogen and oxygen atoms in total. The molecule has 2 heterocycles. The van der Waals surface area contributed by atoms with E-state index in [4.69, 9.17) is 11.6 Å². The second-order valence-electron chi connectivity index (χ2n) is 4.83. The Bertz CT molecular complexity index is 955. The molecule has 0 aliphatic carbocycles. The first-order chi connectivity index (χ1) is 11.5. The smallest absolute Gasteiger partial charge is 0.253 e. The Hall–Kier alpha value is -2.03. The van der Waals surface area contributed by atoms with Gasteiger partial charge in [0.1, 0.15) is 10.4 Å². The van der Waals surface area contributed by atoms with Gasteiger partial charge in [-0.15, -0.1) is 11.3 Å². The normalized spacial score (nSPS) is 10.9. The van der Waals surface area contributed by atoms with Crippen LogP contribution in [0.4, 0.5) is 0 Å². The Morgan fingerprint density at radius 1 is 1.42 bits per heavy atom. The van der Waals surface area contributed by atoms with E-state index >= 15 is 0 Å². The molecule has 2 aromatic heterocycles. The van der Waals surface area contributed by atoms with E-state index in [9.17, 15) is 14.7 Å². The van der Waals surface area contributed by atoms with E-state index in [2.05, 4.69) is 15.3 Å². The standard InChI is InChI=1S/C15H12ClN3O3S2/c16-9-4-2-1-3-8(9)6-17-12(22)7-23-15-19-14-13(24-15)10(20)5-11(21)18-14/h1-5H,6-7H2,(H,17,22)(H2,18,20,21). The first-order valence-corrected chi connectivity index (χ1v) is 9.06. The highest BCUT2D eigenvalue weighted by atomic mass is 35.5. The Kier molecular flexibility index (Phi) is 5.08. The Morgan fingerprint density at radius 3 is 3.00 bits per heavy atom. The molecule has 1 amide bonds. The van der Waals surface area contributed by atoms with Gasteiger partial charge in [0.15, 0.2) is 9.99 Å². The van der Waals surface area contributed by atoms with Crippen LogP contribution in [0.5, 0.6) is 5.75 Å². The van der Waals surface area contributed by atoms with E-state index < -0.39 is 5.56 Å². The van der Waals surface area contributed by atoms with Gasteiger partial charge in [-0.05, 0) is 11.6 Å². The van der Waals surface area contributed by atoms with E-state index in [-0.39, 0.29) is 17.4 Å². The van der Waals surface area contributed by atoms with Gasteiger partial charge >= 0.3 is 0 Å². The van der Waals surface area contributed by atoms with Gasteiger partial charge in [0.05, 0.1) is 5.75 Å². The summed E-state index contributed by atoms with van der Waals surface area (Å²) in [7, 11) is 0. The summed E-state index contributed by atoms with van der Waals surface area (Å²) in [5.41, 5.74) is 0.753. The fourth-order valence-electron chi connectivity index (χ4n) is 1.98. The highest BCUT2D eigenvalue weighted by Crippen LogP contribution is 2.32. The first kappa shape index (κ1) is 16.8. The van der Waals surface area contributed by atoms with Crippen LogP contribution in [-0.2, 0) is 11.3 Å². The minimum absolute atomic E-state index is 0.110. The van der Waals surface area contributed by atoms with Crippen molar-refractivity contribution in [3.05, 3.63) is 51.3 Å². The van der Waals surface area contributed by atoms with Crippen molar-refractivity contribution in [1.82, 2.24) is 15.3 Å². The number of rotatable bonds is 5. The number of aromatic nitrogens is 2. The third-order valence-electron chi connectivity index (χ3n) is 3.11. The van der Waals surface area contributed by atoms with Crippen molar-refractivity contribution in [2.75, 3.05) is 5.75 Å². The number of hydrogen-bond donors (Lipinski definition) is 3. The monoisotopic (exact) mass is 381 g/mol. The zero-order chi connectivity index (χ0) is 17.1. The molecule has 0 aliphatic rings. The number of nitrogens with one attached hydrogen (secondary N) is 2. The number of hydrogen-bond acceptors (Lipinski definition) is 6. The Labute approximate surface area is 149 Å². The zero-order valence-corrected chi connectivity index (χ0v) is 14.6. The number of aromatic hydroxyl groups is 1. The van der Waals surface area contributed by atoms with Gasteiger partial charge in [-0.1, -0.05) is 41.6 Å². The lowest BCUT2D eigenvalue weighted by Gasteiger charge is -2.06. The van der Waals surface area contributed by atoms with Crippen LogP contribution in [0.15, 0.2) is 39.5 Å². The van der Waals surface area contributed by atoms with Crippen LogP contribution >= 0.6 is 34.7 Å². The van der Waals surface area contributed by atoms with Crippen LogP contribution < -0.4 is 10.9 Å². The summed E-state index contributed by atoms with van der Waals surface area (Å²) in [5, 5.41) is 13.1. The van der Waals surface area contributed by atoms with Crippen molar-refractivity contribution in [3.63, 3.8) is 0 Å². The molecule has 0 aliphatic heterocycles. The maximum absolute atomic E-state index is 11.9. The lowest BCUT2D eigenvalue weighted by Crippen LogP contribution is -2.24. The third kappa shape index (κ3) is 3.89. The molecule has 1 aromatic carbocycles. The fourth-order valence-corrected chi connectivity index (χ4v) is 4.02. The minimum atomic E-state index is -0.417. The minimum Gasteiger partial charge on any atom is -0.506 e. The van der Waals surface area contributed by atoms with Gasteiger partial charge in [0.2, 0.25) is 5.91 Å². The summed E-state index contributed by atoms with van der Waals surface area (Å²) < 4.78 is 1.09. The van der Waals surface area contributed by atoms with Gasteiger partial charge in [-0.25, -0.2) is 4.98 Å². The number of thioether (sulfide) groups is 1. The molecule has 0 bridgehead atoms. The number of nitrogens with zero attached hydrogens (tertiary/aromatic N) is 1. The molecule has 0 fully saturated rings. The van der Waals surface area contributed by atoms with Crippen molar-refractivity contribution < 1.29 is 9.90 Å². The van der Waals surface area contributed by atoms with Crippen molar-refractivity contribution in [3.8, 4) is 5.75 Å². The second kappa shape index (κ2) is 7.25. The lowest BCUT2D eigenvalue weighted by molar-refractivity contribution is -0.118. The molecule has 0 spiro atoms. The Morgan fingerprint density at radius 2 is 2.21 bits per heavy atom. The number of aromatic amines is 1. The van der Waals surface area contributed by atoms with Gasteiger partial charge in [0.25, 0.3) is 5.56 Å². The summed E-state index contributed by atoms with van der Waals surface area (Å²) in [6.07, 6.45) is 0. The molecule has 24 heavy (non-hydrogen) atoms. The fraction of sp³-hybridized carbons (Fsp3) is 0.133. The van der Waals surface area contributed by atoms with Crippen LogP contribution in [0.1, 0.15) is 5.56 Å². The highest BCUT2D eigenvalue weighted by Gasteiger charge is 2.11. The second-order valence-corrected chi connectivity index (χ2v) is 7.46. The molecule has 124 valence electrons. The number of halogens is 1. The zero-order valence-electron chi connectivity index (χ0n) is 12.2. The number of benzene rings is 1. The van der Waals surface area contributed by atoms with Crippen molar-refractivity contribution in [2.45, 2.75) is 10.9 Å². The molecule has 9 heteroatoms. The largest absolute Gasteiger partial charge is 0.506 e. The topological polar surface area (TPSA) is 95.1 Å². The molecule has 0 unspecified atom stereocenters. The van der Waals surface area contributed by atoms with Crippen molar-refractivity contribution in [1.29, 1.82) is 0 Å². The van der Waals surface area contributed by atoms with E-state index in [1.807, 2.05) is 18.2 Å². The summed E-state index contributed by atoms with van der Waals surface area (Å²) in [6, 6.07) is 8.41. The predicted molar refractivity (Wildman–Crippen MR) is 95.9 cm³/mol. The maximum Gasteiger partial charge on any atom is 0.253 e. The molecule has 0 radical (unpaired) electrons. The molecular weight excluding hydrogens is 370 g/mol. The van der Waals surface area contributed by atoms with Gasteiger partial charge < -0.3 is 15.4 Å². The summed E-state index contributed by atoms with van der Waals surface area (Å²) in [6.45, 7) is 0.354. The molecule has 0 saturated carbocycles. The molecule has 3 N–H and O–H groups in total. The molecule has 3 rings (SSSR count). The van der Waals surface area contributed by atoms with Crippen LogP contribution in [0.3, 0.4) is 0 Å². The van der Waals surface area contributed by atoms with Crippen molar-refractivity contribution in [2.24, 2.45) is 0 Å². The summed E-state index contributed by atoms with van der Waals surface area (Å²) in [5.74, 6) is -0.0897. The van der Waals surface area contributed by atoms with Crippen LogP contribution in [0.2, 0.25) is 5.02 Å². The molecule has 3 aromatic rings. The predicted octanol–water partition coefficient (Wildman–Crippen LogP) is 2.75. The SMILES string of the molecule is O=C(CSc1nc2[nH]c(=O)cc(O)c2s1)NCc1ccccc1Cl. The number of carbonyl (C=O) groups excluding carboxylic acids is 1. The van der Waals surface area contributed by atoms with E-state index in [1.54, 1.807) is 6.07 Å². The third-order valence-corrected chi connectivity index (χ3v) is 5.70. The lowest BCUT2D eigenvalue weighted by atomic mass is 10.2. The van der Waals surface area contributed by atoms with Crippen LogP contribution in [0, 0.1) is 0 Å². The summed E-state index contributed by atoms with van der Waals surface area (Å²) in [4.78, 5) is 30.0. The van der Waals surface area contributed by atoms with Crippen LogP contribution in [0.25, 0.3) is 10.3 Å². The number of amides is 1. The van der Waals surface area contributed by atoms with E-state index in [0.717, 1.165) is 11.6 Å². The number of H-pyrrole nitrogens is 1. The van der Waals surface area contributed by atoms with Gasteiger partial charge in [0, 0.05) is 17.6 Å². The highest BCUT2D eigenvalue weighted by molar-refractivity contribution is 8.01. The maximum atomic E-state index is 11.9. The number of pyridine rings is 1. The quantitative estimate of drug-likeness (QED) is 0.591.